The number of H-pyrrole nitrogens is 1. The molecule has 1 aromatic carbocycles. The average Bonchev–Trinajstić information content (AvgIpc) is 3.16. The fraction of sp³-hybridized carbons (Fsp3) is 0.333. The number of hydrogen-bond acceptors (Lipinski definition) is 4. The Labute approximate surface area is 122 Å². The Balaban J connectivity index is 1.77. The summed E-state index contributed by atoms with van der Waals surface area (Å²) in [5.41, 5.74) is 8.00. The summed E-state index contributed by atoms with van der Waals surface area (Å²) in [5, 5.41) is 7.02. The van der Waals surface area contributed by atoms with Crippen LogP contribution in [0.3, 0.4) is 0 Å². The molecule has 110 valence electrons. The zero-order valence-corrected chi connectivity index (χ0v) is 11.9. The summed E-state index contributed by atoms with van der Waals surface area (Å²) in [6.45, 7) is 1.31. The minimum absolute atomic E-state index is 0.0461. The number of benzene rings is 1. The van der Waals surface area contributed by atoms with Crippen molar-refractivity contribution in [2.45, 2.75) is 12.5 Å². The number of nitrogens with two attached hydrogens (primary N) is 1. The number of carbonyl (C=O) groups excluding carboxylic acids is 1. The molecular formula is C15H18N4O2. The summed E-state index contributed by atoms with van der Waals surface area (Å²) in [5.74, 6) is 0.742. The molecular weight excluding hydrogens is 268 g/mol. The van der Waals surface area contributed by atoms with E-state index in [1.54, 1.807) is 18.1 Å². The molecule has 1 fully saturated rings. The van der Waals surface area contributed by atoms with Crippen LogP contribution in [0.1, 0.15) is 16.9 Å². The molecule has 1 aromatic heterocycles. The molecule has 0 saturated carbocycles. The van der Waals surface area contributed by atoms with Crippen LogP contribution in [0.15, 0.2) is 30.3 Å². The van der Waals surface area contributed by atoms with Gasteiger partial charge in [-0.2, -0.15) is 5.10 Å². The van der Waals surface area contributed by atoms with Gasteiger partial charge >= 0.3 is 0 Å². The number of likely N-dealkylation sites (tertiary alicyclic amines) is 1. The Morgan fingerprint density at radius 2 is 2.19 bits per heavy atom. The van der Waals surface area contributed by atoms with Crippen molar-refractivity contribution in [3.8, 4) is 17.0 Å². The SMILES string of the molecule is COc1ccc(-c2cc(C(=O)N3CCC(N)C3)[nH]n2)cc1. The number of carbonyl (C=O) groups is 1. The normalized spacial score (nSPS) is 18.0. The van der Waals surface area contributed by atoms with E-state index in [1.807, 2.05) is 24.3 Å². The van der Waals surface area contributed by atoms with Gasteiger partial charge in [0, 0.05) is 24.7 Å². The molecule has 0 bridgehead atoms. The monoisotopic (exact) mass is 286 g/mol. The first kappa shape index (κ1) is 13.6. The predicted octanol–water partition coefficient (Wildman–Crippen LogP) is 1.26. The summed E-state index contributed by atoms with van der Waals surface area (Å²) in [4.78, 5) is 14.1. The first-order valence-corrected chi connectivity index (χ1v) is 6.92. The highest BCUT2D eigenvalue weighted by Gasteiger charge is 2.25. The van der Waals surface area contributed by atoms with Crippen LogP contribution in [0.2, 0.25) is 0 Å². The van der Waals surface area contributed by atoms with Gasteiger partial charge in [-0.25, -0.2) is 0 Å². The maximum absolute atomic E-state index is 12.3. The predicted molar refractivity (Wildman–Crippen MR) is 79.1 cm³/mol. The molecule has 1 saturated heterocycles. The maximum Gasteiger partial charge on any atom is 0.271 e. The summed E-state index contributed by atoms with van der Waals surface area (Å²) in [6, 6.07) is 9.41. The minimum atomic E-state index is -0.0461. The number of aromatic amines is 1. The van der Waals surface area contributed by atoms with E-state index >= 15 is 0 Å². The lowest BCUT2D eigenvalue weighted by molar-refractivity contribution is 0.0785. The number of ether oxygens (including phenoxy) is 1. The quantitative estimate of drug-likeness (QED) is 0.889. The Morgan fingerprint density at radius 1 is 1.43 bits per heavy atom. The highest BCUT2D eigenvalue weighted by atomic mass is 16.5. The van der Waals surface area contributed by atoms with Crippen molar-refractivity contribution >= 4 is 5.91 Å². The van der Waals surface area contributed by atoms with Crippen LogP contribution in [0.5, 0.6) is 5.75 Å². The third kappa shape index (κ3) is 2.75. The van der Waals surface area contributed by atoms with Crippen LogP contribution in [0.25, 0.3) is 11.3 Å². The molecule has 6 heteroatoms. The average molecular weight is 286 g/mol. The van der Waals surface area contributed by atoms with Crippen LogP contribution in [0.4, 0.5) is 0 Å². The molecule has 3 rings (SSSR count). The first-order chi connectivity index (χ1) is 10.2. The Bertz CT molecular complexity index is 635. The van der Waals surface area contributed by atoms with Gasteiger partial charge in [0.15, 0.2) is 0 Å². The molecule has 0 spiro atoms. The van der Waals surface area contributed by atoms with Crippen LogP contribution in [-0.4, -0.2) is 47.2 Å². The van der Waals surface area contributed by atoms with Gasteiger partial charge in [-0.15, -0.1) is 0 Å². The molecule has 2 heterocycles. The molecule has 1 amide bonds. The van der Waals surface area contributed by atoms with E-state index in [2.05, 4.69) is 10.2 Å². The van der Waals surface area contributed by atoms with Gasteiger partial charge in [0.2, 0.25) is 0 Å². The molecule has 1 atom stereocenters. The van der Waals surface area contributed by atoms with Crippen molar-refractivity contribution in [1.29, 1.82) is 0 Å². The van der Waals surface area contributed by atoms with Crippen molar-refractivity contribution in [3.63, 3.8) is 0 Å². The zero-order valence-electron chi connectivity index (χ0n) is 11.9. The standard InChI is InChI=1S/C15H18N4O2/c1-21-12-4-2-10(3-5-12)13-8-14(18-17-13)15(20)19-7-6-11(16)9-19/h2-5,8,11H,6-7,9,16H2,1H3,(H,17,18). The number of rotatable bonds is 3. The number of aromatic nitrogens is 2. The van der Waals surface area contributed by atoms with Crippen molar-refractivity contribution in [2.24, 2.45) is 5.73 Å². The van der Waals surface area contributed by atoms with Gasteiger partial charge in [0.05, 0.1) is 12.8 Å². The van der Waals surface area contributed by atoms with E-state index in [-0.39, 0.29) is 11.9 Å². The van der Waals surface area contributed by atoms with Gasteiger partial charge in [-0.05, 0) is 36.8 Å². The lowest BCUT2D eigenvalue weighted by Gasteiger charge is -2.13. The molecule has 3 N–H and O–H groups in total. The second-order valence-electron chi connectivity index (χ2n) is 5.20. The van der Waals surface area contributed by atoms with E-state index in [9.17, 15) is 4.79 Å². The van der Waals surface area contributed by atoms with Gasteiger partial charge < -0.3 is 15.4 Å². The Hall–Kier alpha value is -2.34. The molecule has 1 aliphatic heterocycles. The summed E-state index contributed by atoms with van der Waals surface area (Å²) < 4.78 is 5.13. The molecule has 0 aliphatic carbocycles. The highest BCUT2D eigenvalue weighted by Crippen LogP contribution is 2.22. The highest BCUT2D eigenvalue weighted by molar-refractivity contribution is 5.93. The second kappa shape index (κ2) is 5.57. The minimum Gasteiger partial charge on any atom is -0.497 e. The summed E-state index contributed by atoms with van der Waals surface area (Å²) in [7, 11) is 1.63. The third-order valence-electron chi connectivity index (χ3n) is 3.71. The van der Waals surface area contributed by atoms with Crippen LogP contribution in [0, 0.1) is 0 Å². The van der Waals surface area contributed by atoms with Crippen LogP contribution >= 0.6 is 0 Å². The van der Waals surface area contributed by atoms with Gasteiger partial charge in [-0.3, -0.25) is 9.89 Å². The molecule has 0 radical (unpaired) electrons. The second-order valence-corrected chi connectivity index (χ2v) is 5.20. The summed E-state index contributed by atoms with van der Waals surface area (Å²) >= 11 is 0. The number of amides is 1. The lowest BCUT2D eigenvalue weighted by atomic mass is 10.1. The first-order valence-electron chi connectivity index (χ1n) is 6.92. The van der Waals surface area contributed by atoms with Gasteiger partial charge in [0.25, 0.3) is 5.91 Å². The largest absolute Gasteiger partial charge is 0.497 e. The summed E-state index contributed by atoms with van der Waals surface area (Å²) in [6.07, 6.45) is 0.852. The van der Waals surface area contributed by atoms with Crippen LogP contribution < -0.4 is 10.5 Å². The van der Waals surface area contributed by atoms with Crippen molar-refractivity contribution in [2.75, 3.05) is 20.2 Å². The van der Waals surface area contributed by atoms with Crippen molar-refractivity contribution < 1.29 is 9.53 Å². The fourth-order valence-electron chi connectivity index (χ4n) is 2.48. The zero-order chi connectivity index (χ0) is 14.8. The topological polar surface area (TPSA) is 84.2 Å². The molecule has 21 heavy (non-hydrogen) atoms. The molecule has 2 aromatic rings. The van der Waals surface area contributed by atoms with E-state index in [4.69, 9.17) is 10.5 Å². The number of methoxy groups -OCH3 is 1. The fourth-order valence-corrected chi connectivity index (χ4v) is 2.48. The molecule has 1 unspecified atom stereocenters. The number of nitrogens with zero attached hydrogens (tertiary/aromatic N) is 2. The van der Waals surface area contributed by atoms with Crippen LogP contribution in [-0.2, 0) is 0 Å². The Morgan fingerprint density at radius 3 is 2.81 bits per heavy atom. The molecule has 6 nitrogen and oxygen atoms in total. The van der Waals surface area contributed by atoms with E-state index in [0.717, 1.165) is 23.4 Å². The number of hydrogen-bond donors (Lipinski definition) is 2. The van der Waals surface area contributed by atoms with E-state index in [0.29, 0.717) is 18.8 Å². The van der Waals surface area contributed by atoms with E-state index in [1.165, 1.54) is 0 Å². The van der Waals surface area contributed by atoms with E-state index < -0.39 is 0 Å². The van der Waals surface area contributed by atoms with Crippen molar-refractivity contribution in [3.05, 3.63) is 36.0 Å². The van der Waals surface area contributed by atoms with Gasteiger partial charge in [0.1, 0.15) is 11.4 Å². The molecule has 1 aliphatic rings. The smallest absolute Gasteiger partial charge is 0.271 e. The van der Waals surface area contributed by atoms with Crippen molar-refractivity contribution in [1.82, 2.24) is 15.1 Å². The third-order valence-corrected chi connectivity index (χ3v) is 3.71. The van der Waals surface area contributed by atoms with Gasteiger partial charge in [-0.1, -0.05) is 0 Å². The Kier molecular flexibility index (Phi) is 3.62. The number of nitrogens with one attached hydrogen (secondary N) is 1. The maximum atomic E-state index is 12.3. The lowest BCUT2D eigenvalue weighted by Crippen LogP contribution is -2.32.